The van der Waals surface area contributed by atoms with E-state index in [9.17, 15) is 9.59 Å². The van der Waals surface area contributed by atoms with Crippen LogP contribution >= 0.6 is 0 Å². The quantitative estimate of drug-likeness (QED) is 0.501. The molecule has 1 fully saturated rings. The first-order chi connectivity index (χ1) is 5.95. The Morgan fingerprint density at radius 1 is 1.62 bits per heavy atom. The molecule has 0 aromatic carbocycles. The molecule has 0 aromatic heterocycles. The van der Waals surface area contributed by atoms with Gasteiger partial charge in [0.15, 0.2) is 0 Å². The number of carbonyl (C=O) groups is 2. The minimum atomic E-state index is -0.907. The Morgan fingerprint density at radius 2 is 2.15 bits per heavy atom. The summed E-state index contributed by atoms with van der Waals surface area (Å²) in [6.45, 7) is 3.28. The van der Waals surface area contributed by atoms with Crippen molar-refractivity contribution < 1.29 is 14.7 Å². The van der Waals surface area contributed by atoms with E-state index in [0.29, 0.717) is 0 Å². The minimum absolute atomic E-state index is 0.145. The summed E-state index contributed by atoms with van der Waals surface area (Å²) in [6.07, 6.45) is 0. The van der Waals surface area contributed by atoms with Gasteiger partial charge >= 0.3 is 5.97 Å². The summed E-state index contributed by atoms with van der Waals surface area (Å²) >= 11 is 0. The maximum absolute atomic E-state index is 11.0. The van der Waals surface area contributed by atoms with Crippen molar-refractivity contribution in [3.05, 3.63) is 0 Å². The Morgan fingerprint density at radius 3 is 2.46 bits per heavy atom. The molecule has 0 saturated carbocycles. The van der Waals surface area contributed by atoms with Gasteiger partial charge in [-0.15, -0.1) is 0 Å². The van der Waals surface area contributed by atoms with Crippen molar-refractivity contribution in [1.82, 2.24) is 5.32 Å². The molecular formula is C8H14N2O3. The second kappa shape index (κ2) is 3.33. The highest BCUT2D eigenvalue weighted by Crippen LogP contribution is 2.24. The number of rotatable bonds is 3. The lowest BCUT2D eigenvalue weighted by Gasteiger charge is -2.41. The van der Waals surface area contributed by atoms with Crippen molar-refractivity contribution in [3.63, 3.8) is 0 Å². The fraction of sp³-hybridized carbons (Fsp3) is 0.750. The third kappa shape index (κ3) is 1.65. The van der Waals surface area contributed by atoms with E-state index in [-0.39, 0.29) is 23.9 Å². The molecular weight excluding hydrogens is 172 g/mol. The Labute approximate surface area is 76.3 Å². The summed E-state index contributed by atoms with van der Waals surface area (Å²) in [5.41, 5.74) is 5.56. The molecule has 74 valence electrons. The van der Waals surface area contributed by atoms with E-state index in [0.717, 1.165) is 0 Å². The zero-order chi connectivity index (χ0) is 10.2. The third-order valence-electron chi connectivity index (χ3n) is 2.49. The summed E-state index contributed by atoms with van der Waals surface area (Å²) in [5.74, 6) is -1.98. The number of carboxylic acid groups (broad SMARTS) is 1. The van der Waals surface area contributed by atoms with Crippen LogP contribution in [0, 0.1) is 11.8 Å². The van der Waals surface area contributed by atoms with Crippen molar-refractivity contribution in [2.75, 3.05) is 0 Å². The zero-order valence-electron chi connectivity index (χ0n) is 7.65. The Balaban J connectivity index is 2.64. The van der Waals surface area contributed by atoms with Gasteiger partial charge in [-0.3, -0.25) is 9.59 Å². The Kier molecular flexibility index (Phi) is 2.56. The number of hydrogen-bond acceptors (Lipinski definition) is 3. The standard InChI is InChI=1S/C8H14N2O3/c1-3(8(12)13)6-5(4(2)9)7(11)10-6/h3-6H,9H2,1-2H3,(H,10,11)(H,12,13)/t3?,4?,5-,6-/m1/s1. The smallest absolute Gasteiger partial charge is 0.308 e. The lowest BCUT2D eigenvalue weighted by Crippen LogP contribution is -2.66. The second-order valence-corrected chi connectivity index (χ2v) is 3.55. The van der Waals surface area contributed by atoms with E-state index < -0.39 is 11.9 Å². The van der Waals surface area contributed by atoms with Gasteiger partial charge < -0.3 is 16.2 Å². The first-order valence-corrected chi connectivity index (χ1v) is 4.24. The van der Waals surface area contributed by atoms with E-state index >= 15 is 0 Å². The fourth-order valence-corrected chi connectivity index (χ4v) is 1.57. The van der Waals surface area contributed by atoms with Gasteiger partial charge in [-0.25, -0.2) is 0 Å². The number of amides is 1. The van der Waals surface area contributed by atoms with Crippen LogP contribution in [-0.4, -0.2) is 29.1 Å². The molecule has 2 unspecified atom stereocenters. The van der Waals surface area contributed by atoms with Gasteiger partial charge in [0.05, 0.1) is 17.9 Å². The monoisotopic (exact) mass is 186 g/mol. The van der Waals surface area contributed by atoms with Crippen molar-refractivity contribution in [1.29, 1.82) is 0 Å². The van der Waals surface area contributed by atoms with Gasteiger partial charge in [0, 0.05) is 6.04 Å². The number of carboxylic acids is 1. The summed E-state index contributed by atoms with van der Waals surface area (Å²) in [7, 11) is 0. The topological polar surface area (TPSA) is 92.4 Å². The van der Waals surface area contributed by atoms with Crippen LogP contribution in [0.3, 0.4) is 0 Å². The van der Waals surface area contributed by atoms with Crippen LogP contribution in [0.5, 0.6) is 0 Å². The highest BCUT2D eigenvalue weighted by Gasteiger charge is 2.46. The van der Waals surface area contributed by atoms with Gasteiger partial charge in [0.1, 0.15) is 0 Å². The highest BCUT2D eigenvalue weighted by atomic mass is 16.4. The van der Waals surface area contributed by atoms with Crippen molar-refractivity contribution in [3.8, 4) is 0 Å². The zero-order valence-corrected chi connectivity index (χ0v) is 7.65. The van der Waals surface area contributed by atoms with E-state index in [4.69, 9.17) is 10.8 Å². The Hall–Kier alpha value is -1.10. The maximum atomic E-state index is 11.0. The van der Waals surface area contributed by atoms with Gasteiger partial charge in [-0.1, -0.05) is 0 Å². The first-order valence-electron chi connectivity index (χ1n) is 4.24. The van der Waals surface area contributed by atoms with Crippen LogP contribution in [0.25, 0.3) is 0 Å². The average molecular weight is 186 g/mol. The lowest BCUT2D eigenvalue weighted by molar-refractivity contribution is -0.148. The van der Waals surface area contributed by atoms with Crippen LogP contribution in [0.2, 0.25) is 0 Å². The molecule has 0 aromatic rings. The number of nitrogens with two attached hydrogens (primary N) is 1. The molecule has 1 aliphatic heterocycles. The third-order valence-corrected chi connectivity index (χ3v) is 2.49. The average Bonchev–Trinajstić information content (AvgIpc) is 1.97. The summed E-state index contributed by atoms with van der Waals surface area (Å²) in [5, 5.41) is 11.3. The number of aliphatic carboxylic acids is 1. The van der Waals surface area contributed by atoms with Crippen molar-refractivity contribution in [2.24, 2.45) is 17.6 Å². The highest BCUT2D eigenvalue weighted by molar-refractivity contribution is 5.88. The van der Waals surface area contributed by atoms with Gasteiger partial charge in [-0.05, 0) is 13.8 Å². The molecule has 5 heteroatoms. The van der Waals surface area contributed by atoms with E-state index in [1.807, 2.05) is 0 Å². The summed E-state index contributed by atoms with van der Waals surface area (Å²) in [6, 6.07) is -0.606. The van der Waals surface area contributed by atoms with Crippen molar-refractivity contribution >= 4 is 11.9 Å². The second-order valence-electron chi connectivity index (χ2n) is 3.55. The predicted molar refractivity (Wildman–Crippen MR) is 45.9 cm³/mol. The molecule has 4 atom stereocenters. The molecule has 1 heterocycles. The molecule has 13 heavy (non-hydrogen) atoms. The molecule has 0 bridgehead atoms. The van der Waals surface area contributed by atoms with E-state index in [1.54, 1.807) is 13.8 Å². The lowest BCUT2D eigenvalue weighted by atomic mass is 9.78. The van der Waals surface area contributed by atoms with Crippen LogP contribution in [-0.2, 0) is 9.59 Å². The molecule has 5 nitrogen and oxygen atoms in total. The number of β-lactam (4-membered cyclic amide) rings is 1. The van der Waals surface area contributed by atoms with Gasteiger partial charge in [0.25, 0.3) is 0 Å². The molecule has 1 saturated heterocycles. The molecule has 1 aliphatic rings. The fourth-order valence-electron chi connectivity index (χ4n) is 1.57. The maximum Gasteiger partial charge on any atom is 0.308 e. The number of hydrogen-bond donors (Lipinski definition) is 3. The molecule has 4 N–H and O–H groups in total. The van der Waals surface area contributed by atoms with E-state index in [2.05, 4.69) is 5.32 Å². The summed E-state index contributed by atoms with van der Waals surface area (Å²) in [4.78, 5) is 21.6. The van der Waals surface area contributed by atoms with Crippen molar-refractivity contribution in [2.45, 2.75) is 25.9 Å². The normalized spacial score (nSPS) is 31.5. The van der Waals surface area contributed by atoms with Crippen LogP contribution in [0.15, 0.2) is 0 Å². The number of carbonyl (C=O) groups excluding carboxylic acids is 1. The predicted octanol–water partition coefficient (Wildman–Crippen LogP) is -0.831. The van der Waals surface area contributed by atoms with Gasteiger partial charge in [-0.2, -0.15) is 0 Å². The minimum Gasteiger partial charge on any atom is -0.481 e. The SMILES string of the molecule is CC(C(=O)O)[C@H]1NC(=O)[C@@H]1C(C)N. The Bertz CT molecular complexity index is 240. The van der Waals surface area contributed by atoms with Crippen LogP contribution < -0.4 is 11.1 Å². The molecule has 0 radical (unpaired) electrons. The molecule has 1 rings (SSSR count). The largest absolute Gasteiger partial charge is 0.481 e. The molecule has 0 aliphatic carbocycles. The van der Waals surface area contributed by atoms with E-state index in [1.165, 1.54) is 0 Å². The van der Waals surface area contributed by atoms with Gasteiger partial charge in [0.2, 0.25) is 5.91 Å². The van der Waals surface area contributed by atoms with Crippen LogP contribution in [0.4, 0.5) is 0 Å². The first kappa shape index (κ1) is 9.98. The molecule has 0 spiro atoms. The summed E-state index contributed by atoms with van der Waals surface area (Å²) < 4.78 is 0. The molecule has 1 amide bonds. The van der Waals surface area contributed by atoms with Crippen LogP contribution in [0.1, 0.15) is 13.8 Å². The number of nitrogens with one attached hydrogen (secondary N) is 1.